The summed E-state index contributed by atoms with van der Waals surface area (Å²) < 4.78 is 0. The molecule has 1 aliphatic carbocycles. The Balaban J connectivity index is 1.99. The quantitative estimate of drug-likeness (QED) is 0.660. The van der Waals surface area contributed by atoms with Gasteiger partial charge in [-0.15, -0.1) is 0 Å². The second-order valence-electron chi connectivity index (χ2n) is 5.23. The third-order valence-corrected chi connectivity index (χ3v) is 3.68. The van der Waals surface area contributed by atoms with Crippen molar-refractivity contribution >= 4 is 29.3 Å². The maximum atomic E-state index is 12.0. The molecule has 0 saturated heterocycles. The highest BCUT2D eigenvalue weighted by Gasteiger charge is 2.45. The molecule has 0 bridgehead atoms. The Hall–Kier alpha value is -2.57. The Morgan fingerprint density at radius 3 is 2.29 bits per heavy atom. The number of amides is 3. The highest BCUT2D eigenvalue weighted by molar-refractivity contribution is 5.95. The second-order valence-corrected chi connectivity index (χ2v) is 5.23. The van der Waals surface area contributed by atoms with Gasteiger partial charge < -0.3 is 21.5 Å². The van der Waals surface area contributed by atoms with Crippen LogP contribution in [0.25, 0.3) is 0 Å². The molecule has 0 spiro atoms. The van der Waals surface area contributed by atoms with E-state index in [1.807, 2.05) is 0 Å². The summed E-state index contributed by atoms with van der Waals surface area (Å²) in [5.41, 5.74) is 5.03. The number of benzene rings is 1. The zero-order valence-corrected chi connectivity index (χ0v) is 11.4. The van der Waals surface area contributed by atoms with Crippen LogP contribution in [0.5, 0.6) is 0 Å². The molecule has 0 heterocycles. The molecule has 1 aliphatic rings. The van der Waals surface area contributed by atoms with E-state index in [1.165, 1.54) is 0 Å². The molecule has 0 aliphatic heterocycles. The Morgan fingerprint density at radius 2 is 1.81 bits per heavy atom. The van der Waals surface area contributed by atoms with Gasteiger partial charge in [-0.1, -0.05) is 12.5 Å². The van der Waals surface area contributed by atoms with Crippen molar-refractivity contribution in [2.45, 2.75) is 25.7 Å². The van der Waals surface area contributed by atoms with E-state index in [9.17, 15) is 19.5 Å². The first-order valence-corrected chi connectivity index (χ1v) is 6.61. The first-order valence-electron chi connectivity index (χ1n) is 6.61. The highest BCUT2D eigenvalue weighted by atomic mass is 16.4. The molecular formula is C14H17N3O4. The Bertz CT molecular complexity index is 581. The van der Waals surface area contributed by atoms with Crippen molar-refractivity contribution in [3.63, 3.8) is 0 Å². The van der Waals surface area contributed by atoms with Crippen molar-refractivity contribution in [2.24, 2.45) is 11.1 Å². The fourth-order valence-corrected chi connectivity index (χ4v) is 2.40. The summed E-state index contributed by atoms with van der Waals surface area (Å²) in [6.07, 6.45) is 1.84. The number of nitrogens with two attached hydrogens (primary N) is 1. The van der Waals surface area contributed by atoms with Crippen LogP contribution in [0.15, 0.2) is 24.3 Å². The monoisotopic (exact) mass is 291 g/mol. The van der Waals surface area contributed by atoms with Crippen LogP contribution in [0.4, 0.5) is 16.2 Å². The van der Waals surface area contributed by atoms with Crippen LogP contribution in [0.3, 0.4) is 0 Å². The lowest BCUT2D eigenvalue weighted by molar-refractivity contribution is -0.157. The van der Waals surface area contributed by atoms with Gasteiger partial charge in [-0.3, -0.25) is 9.59 Å². The molecule has 112 valence electrons. The van der Waals surface area contributed by atoms with Gasteiger partial charge in [0.15, 0.2) is 0 Å². The van der Waals surface area contributed by atoms with E-state index in [0.29, 0.717) is 24.2 Å². The molecular weight excluding hydrogens is 274 g/mol. The standard InChI is InChI=1S/C14H17N3O4/c15-13(21)17-10-4-1-3-9(7-10)16-11(18)8-14(12(19)20)5-2-6-14/h1,3-4,7H,2,5-6,8H2,(H,16,18)(H,19,20)(H3,15,17,21). The van der Waals surface area contributed by atoms with E-state index >= 15 is 0 Å². The predicted molar refractivity (Wildman–Crippen MR) is 76.8 cm³/mol. The van der Waals surface area contributed by atoms with Crippen LogP contribution in [-0.2, 0) is 9.59 Å². The zero-order valence-electron chi connectivity index (χ0n) is 11.4. The lowest BCUT2D eigenvalue weighted by Gasteiger charge is -2.36. The Labute approximate surface area is 121 Å². The van der Waals surface area contributed by atoms with Gasteiger partial charge in [0.2, 0.25) is 5.91 Å². The molecule has 0 atom stereocenters. The topological polar surface area (TPSA) is 122 Å². The average Bonchev–Trinajstić information content (AvgIpc) is 2.33. The van der Waals surface area contributed by atoms with Crippen LogP contribution in [0, 0.1) is 5.41 Å². The summed E-state index contributed by atoms with van der Waals surface area (Å²) in [5.74, 6) is -1.28. The normalized spacial score (nSPS) is 15.6. The number of carbonyl (C=O) groups is 3. The van der Waals surface area contributed by atoms with E-state index in [4.69, 9.17) is 5.73 Å². The number of carbonyl (C=O) groups excluding carboxylic acids is 2. The first-order chi connectivity index (χ1) is 9.91. The Morgan fingerprint density at radius 1 is 1.19 bits per heavy atom. The number of primary amides is 1. The molecule has 21 heavy (non-hydrogen) atoms. The second kappa shape index (κ2) is 5.82. The molecule has 3 amide bonds. The van der Waals surface area contributed by atoms with Gasteiger partial charge in [0.1, 0.15) is 0 Å². The molecule has 7 heteroatoms. The van der Waals surface area contributed by atoms with Crippen LogP contribution in [0.1, 0.15) is 25.7 Å². The lowest BCUT2D eigenvalue weighted by Crippen LogP contribution is -2.41. The van der Waals surface area contributed by atoms with Crippen molar-refractivity contribution in [2.75, 3.05) is 10.6 Å². The van der Waals surface area contributed by atoms with E-state index < -0.39 is 17.4 Å². The zero-order chi connectivity index (χ0) is 15.5. The van der Waals surface area contributed by atoms with Crippen molar-refractivity contribution in [3.8, 4) is 0 Å². The number of carboxylic acid groups (broad SMARTS) is 1. The average molecular weight is 291 g/mol. The van der Waals surface area contributed by atoms with Crippen molar-refractivity contribution in [3.05, 3.63) is 24.3 Å². The van der Waals surface area contributed by atoms with Crippen LogP contribution < -0.4 is 16.4 Å². The van der Waals surface area contributed by atoms with Crippen LogP contribution in [0.2, 0.25) is 0 Å². The van der Waals surface area contributed by atoms with E-state index in [0.717, 1.165) is 6.42 Å². The van der Waals surface area contributed by atoms with Gasteiger partial charge in [0.05, 0.1) is 5.41 Å². The van der Waals surface area contributed by atoms with Gasteiger partial charge in [0.25, 0.3) is 0 Å². The summed E-state index contributed by atoms with van der Waals surface area (Å²) in [4.78, 5) is 34.0. The van der Waals surface area contributed by atoms with E-state index in [2.05, 4.69) is 10.6 Å². The summed E-state index contributed by atoms with van der Waals surface area (Å²) in [6.45, 7) is 0. The molecule has 1 fully saturated rings. The highest BCUT2D eigenvalue weighted by Crippen LogP contribution is 2.44. The molecule has 5 N–H and O–H groups in total. The summed E-state index contributed by atoms with van der Waals surface area (Å²) in [7, 11) is 0. The maximum absolute atomic E-state index is 12.0. The number of urea groups is 1. The predicted octanol–water partition coefficient (Wildman–Crippen LogP) is 1.76. The molecule has 2 rings (SSSR count). The lowest BCUT2D eigenvalue weighted by atomic mass is 9.66. The maximum Gasteiger partial charge on any atom is 0.316 e. The molecule has 1 aromatic rings. The van der Waals surface area contributed by atoms with Gasteiger partial charge in [0, 0.05) is 17.8 Å². The minimum atomic E-state index is -0.923. The third kappa shape index (κ3) is 3.50. The summed E-state index contributed by atoms with van der Waals surface area (Å²) >= 11 is 0. The van der Waals surface area contributed by atoms with E-state index in [1.54, 1.807) is 24.3 Å². The molecule has 0 unspecified atom stereocenters. The fraction of sp³-hybridized carbons (Fsp3) is 0.357. The number of anilines is 2. The molecule has 7 nitrogen and oxygen atoms in total. The largest absolute Gasteiger partial charge is 0.481 e. The SMILES string of the molecule is NC(=O)Nc1cccc(NC(=O)CC2(C(=O)O)CCC2)c1. The molecule has 0 aromatic heterocycles. The number of carboxylic acids is 1. The number of hydrogen-bond acceptors (Lipinski definition) is 3. The summed E-state index contributed by atoms with van der Waals surface area (Å²) in [6, 6.07) is 5.79. The fourth-order valence-electron chi connectivity index (χ4n) is 2.40. The summed E-state index contributed by atoms with van der Waals surface area (Å²) in [5, 5.41) is 14.2. The molecule has 0 radical (unpaired) electrons. The van der Waals surface area contributed by atoms with Gasteiger partial charge in [-0.05, 0) is 31.0 Å². The minimum absolute atomic E-state index is 0.0458. The number of rotatable bonds is 5. The number of hydrogen-bond donors (Lipinski definition) is 4. The number of nitrogens with one attached hydrogen (secondary N) is 2. The van der Waals surface area contributed by atoms with Crippen molar-refractivity contribution in [1.29, 1.82) is 0 Å². The number of aliphatic carboxylic acids is 1. The molecule has 1 saturated carbocycles. The van der Waals surface area contributed by atoms with Crippen LogP contribution in [-0.4, -0.2) is 23.0 Å². The van der Waals surface area contributed by atoms with Gasteiger partial charge >= 0.3 is 12.0 Å². The van der Waals surface area contributed by atoms with Gasteiger partial charge in [-0.25, -0.2) is 4.79 Å². The third-order valence-electron chi connectivity index (χ3n) is 3.68. The molecule has 1 aromatic carbocycles. The minimum Gasteiger partial charge on any atom is -0.481 e. The van der Waals surface area contributed by atoms with Gasteiger partial charge in [-0.2, -0.15) is 0 Å². The van der Waals surface area contributed by atoms with Crippen molar-refractivity contribution < 1.29 is 19.5 Å². The van der Waals surface area contributed by atoms with Crippen molar-refractivity contribution in [1.82, 2.24) is 0 Å². The Kier molecular flexibility index (Phi) is 4.11. The van der Waals surface area contributed by atoms with Crippen LogP contribution >= 0.6 is 0 Å². The van der Waals surface area contributed by atoms with E-state index in [-0.39, 0.29) is 12.3 Å². The first kappa shape index (κ1) is 14.8. The smallest absolute Gasteiger partial charge is 0.316 e.